The molecule has 0 bridgehead atoms. The van der Waals surface area contributed by atoms with E-state index in [0.717, 1.165) is 25.0 Å². The van der Waals surface area contributed by atoms with Gasteiger partial charge in [0.25, 0.3) is 0 Å². The first-order valence-corrected chi connectivity index (χ1v) is 5.64. The topological polar surface area (TPSA) is 51.8 Å². The maximum absolute atomic E-state index is 5.60. The van der Waals surface area contributed by atoms with Gasteiger partial charge in [0.2, 0.25) is 0 Å². The minimum Gasteiger partial charge on any atom is -0.330 e. The van der Waals surface area contributed by atoms with Crippen LogP contribution in [0.4, 0.5) is 0 Å². The van der Waals surface area contributed by atoms with Crippen LogP contribution in [0.1, 0.15) is 37.2 Å². The summed E-state index contributed by atoms with van der Waals surface area (Å²) in [6, 6.07) is 0. The molecule has 2 N–H and O–H groups in total. The van der Waals surface area contributed by atoms with Gasteiger partial charge in [-0.15, -0.1) is 0 Å². The second-order valence-electron chi connectivity index (χ2n) is 5.13. The summed E-state index contributed by atoms with van der Waals surface area (Å²) in [6.45, 7) is 5.30. The highest BCUT2D eigenvalue weighted by Crippen LogP contribution is 2.34. The van der Waals surface area contributed by atoms with Gasteiger partial charge in [0.15, 0.2) is 0 Å². The average Bonchev–Trinajstić information content (AvgIpc) is 2.18. The number of aromatic nitrogens is 2. The predicted molar refractivity (Wildman–Crippen MR) is 60.6 cm³/mol. The molecule has 0 atom stereocenters. The fraction of sp³-hybridized carbons (Fsp3) is 0.667. The molecule has 3 heteroatoms. The van der Waals surface area contributed by atoms with Gasteiger partial charge in [-0.25, -0.2) is 9.97 Å². The van der Waals surface area contributed by atoms with Crippen LogP contribution in [0.3, 0.4) is 0 Å². The number of hydrogen-bond donors (Lipinski definition) is 1. The molecule has 1 heterocycles. The maximum atomic E-state index is 5.60. The number of nitrogens with zero attached hydrogens (tertiary/aromatic N) is 2. The largest absolute Gasteiger partial charge is 0.330 e. The van der Waals surface area contributed by atoms with E-state index in [1.165, 1.54) is 17.7 Å². The van der Waals surface area contributed by atoms with Gasteiger partial charge in [0, 0.05) is 17.8 Å². The quantitative estimate of drug-likeness (QED) is 0.796. The Morgan fingerprint density at radius 1 is 1.40 bits per heavy atom. The molecule has 1 aromatic rings. The van der Waals surface area contributed by atoms with Crippen LogP contribution < -0.4 is 5.73 Å². The lowest BCUT2D eigenvalue weighted by Crippen LogP contribution is -2.25. The highest BCUT2D eigenvalue weighted by atomic mass is 14.8. The van der Waals surface area contributed by atoms with Gasteiger partial charge in [-0.1, -0.05) is 13.8 Å². The van der Waals surface area contributed by atoms with Crippen LogP contribution >= 0.6 is 0 Å². The number of nitrogens with two attached hydrogens (primary N) is 1. The van der Waals surface area contributed by atoms with Crippen LogP contribution in [0, 0.1) is 5.41 Å². The van der Waals surface area contributed by atoms with Crippen LogP contribution in [0.25, 0.3) is 0 Å². The summed E-state index contributed by atoms with van der Waals surface area (Å²) in [5.41, 5.74) is 9.76. The fourth-order valence-electron chi connectivity index (χ4n) is 2.29. The van der Waals surface area contributed by atoms with Gasteiger partial charge in [0.1, 0.15) is 6.33 Å². The van der Waals surface area contributed by atoms with E-state index in [4.69, 9.17) is 5.73 Å². The lowest BCUT2D eigenvalue weighted by atomic mass is 9.75. The molecule has 0 unspecified atom stereocenters. The zero-order valence-corrected chi connectivity index (χ0v) is 9.58. The molecule has 0 amide bonds. The van der Waals surface area contributed by atoms with Crippen LogP contribution in [-0.4, -0.2) is 16.5 Å². The first-order valence-electron chi connectivity index (χ1n) is 5.64. The molecule has 1 aromatic heterocycles. The minimum atomic E-state index is 0.390. The molecule has 0 aromatic carbocycles. The van der Waals surface area contributed by atoms with E-state index in [1.54, 1.807) is 6.33 Å². The van der Waals surface area contributed by atoms with Crippen molar-refractivity contribution >= 4 is 0 Å². The van der Waals surface area contributed by atoms with E-state index in [9.17, 15) is 0 Å². The first-order chi connectivity index (χ1) is 7.12. The molecule has 0 spiro atoms. The van der Waals surface area contributed by atoms with Crippen molar-refractivity contribution in [2.45, 2.75) is 39.5 Å². The number of aryl methyl sites for hydroxylation is 1. The summed E-state index contributed by atoms with van der Waals surface area (Å²) in [5, 5.41) is 0. The summed E-state index contributed by atoms with van der Waals surface area (Å²) in [5.74, 6) is 0. The van der Waals surface area contributed by atoms with Crippen LogP contribution in [0.15, 0.2) is 6.33 Å². The van der Waals surface area contributed by atoms with Gasteiger partial charge in [-0.2, -0.15) is 0 Å². The van der Waals surface area contributed by atoms with E-state index in [2.05, 4.69) is 23.8 Å². The third-order valence-electron chi connectivity index (χ3n) is 3.20. The Kier molecular flexibility index (Phi) is 2.74. The normalized spacial score (nSPS) is 18.6. The molecular formula is C12H19N3. The monoisotopic (exact) mass is 205 g/mol. The van der Waals surface area contributed by atoms with E-state index < -0.39 is 0 Å². The Morgan fingerprint density at radius 3 is 2.93 bits per heavy atom. The Morgan fingerprint density at radius 2 is 2.20 bits per heavy atom. The average molecular weight is 205 g/mol. The molecule has 2 rings (SSSR count). The molecule has 0 saturated heterocycles. The molecule has 1 aliphatic rings. The molecule has 0 radical (unpaired) electrons. The number of hydrogen-bond acceptors (Lipinski definition) is 3. The van der Waals surface area contributed by atoms with Crippen molar-refractivity contribution in [3.63, 3.8) is 0 Å². The molecule has 0 saturated carbocycles. The van der Waals surface area contributed by atoms with E-state index >= 15 is 0 Å². The second-order valence-corrected chi connectivity index (χ2v) is 5.13. The van der Waals surface area contributed by atoms with Crippen molar-refractivity contribution < 1.29 is 0 Å². The molecule has 0 fully saturated rings. The lowest BCUT2D eigenvalue weighted by Gasteiger charge is -2.31. The predicted octanol–water partition coefficient (Wildman–Crippen LogP) is 1.49. The van der Waals surface area contributed by atoms with Crippen molar-refractivity contribution in [2.24, 2.45) is 11.1 Å². The van der Waals surface area contributed by atoms with E-state index in [-0.39, 0.29) is 0 Å². The molecular weight excluding hydrogens is 186 g/mol. The first kappa shape index (κ1) is 10.6. The van der Waals surface area contributed by atoms with Gasteiger partial charge in [-0.3, -0.25) is 0 Å². The standard InChI is InChI=1S/C12H19N3/c1-12(2)5-3-10-9(7-12)11(4-6-13)15-8-14-10/h8H,3-7,13H2,1-2H3. The Labute approximate surface area is 91.1 Å². The fourth-order valence-corrected chi connectivity index (χ4v) is 2.29. The van der Waals surface area contributed by atoms with Crippen LogP contribution in [0.5, 0.6) is 0 Å². The van der Waals surface area contributed by atoms with Gasteiger partial charge >= 0.3 is 0 Å². The molecule has 3 nitrogen and oxygen atoms in total. The zero-order valence-electron chi connectivity index (χ0n) is 9.58. The minimum absolute atomic E-state index is 0.390. The van der Waals surface area contributed by atoms with Crippen molar-refractivity contribution in [2.75, 3.05) is 6.54 Å². The third kappa shape index (κ3) is 2.17. The van der Waals surface area contributed by atoms with Crippen molar-refractivity contribution in [1.29, 1.82) is 0 Å². The molecule has 82 valence electrons. The summed E-state index contributed by atoms with van der Waals surface area (Å²) in [7, 11) is 0. The smallest absolute Gasteiger partial charge is 0.115 e. The van der Waals surface area contributed by atoms with Gasteiger partial charge in [-0.05, 0) is 36.8 Å². The van der Waals surface area contributed by atoms with Crippen molar-refractivity contribution in [3.8, 4) is 0 Å². The Balaban J connectivity index is 2.36. The summed E-state index contributed by atoms with van der Waals surface area (Å²) < 4.78 is 0. The Bertz CT molecular complexity index is 358. The number of fused-ring (bicyclic) bond motifs is 1. The van der Waals surface area contributed by atoms with Gasteiger partial charge in [0.05, 0.1) is 0 Å². The Hall–Kier alpha value is -0.960. The summed E-state index contributed by atoms with van der Waals surface area (Å²) in [6.07, 6.45) is 5.96. The third-order valence-corrected chi connectivity index (χ3v) is 3.20. The summed E-state index contributed by atoms with van der Waals surface area (Å²) >= 11 is 0. The van der Waals surface area contributed by atoms with Crippen LogP contribution in [-0.2, 0) is 19.3 Å². The highest BCUT2D eigenvalue weighted by Gasteiger charge is 2.27. The molecule has 15 heavy (non-hydrogen) atoms. The SMILES string of the molecule is CC1(C)CCc2ncnc(CCN)c2C1. The second kappa shape index (κ2) is 3.89. The van der Waals surface area contributed by atoms with E-state index in [1.807, 2.05) is 0 Å². The maximum Gasteiger partial charge on any atom is 0.115 e. The van der Waals surface area contributed by atoms with E-state index in [0.29, 0.717) is 12.0 Å². The van der Waals surface area contributed by atoms with Crippen molar-refractivity contribution in [1.82, 2.24) is 9.97 Å². The number of rotatable bonds is 2. The molecule has 0 aliphatic heterocycles. The zero-order chi connectivity index (χ0) is 10.9. The van der Waals surface area contributed by atoms with Crippen molar-refractivity contribution in [3.05, 3.63) is 23.3 Å². The lowest BCUT2D eigenvalue weighted by molar-refractivity contribution is 0.310. The van der Waals surface area contributed by atoms with Crippen LogP contribution in [0.2, 0.25) is 0 Å². The van der Waals surface area contributed by atoms with Gasteiger partial charge < -0.3 is 5.73 Å². The summed E-state index contributed by atoms with van der Waals surface area (Å²) in [4.78, 5) is 8.73. The highest BCUT2D eigenvalue weighted by molar-refractivity contribution is 5.29. The molecule has 1 aliphatic carbocycles.